The highest BCUT2D eigenvalue weighted by Gasteiger charge is 2.24. The minimum Gasteiger partial charge on any atom is -0.502 e. The maximum atomic E-state index is 12.9. The number of aliphatic hydroxyl groups is 1. The lowest BCUT2D eigenvalue weighted by Crippen LogP contribution is -2.19. The van der Waals surface area contributed by atoms with Crippen LogP contribution in [0.5, 0.6) is 0 Å². The van der Waals surface area contributed by atoms with Crippen LogP contribution in [0, 0.1) is 5.82 Å². The second kappa shape index (κ2) is 6.01. The van der Waals surface area contributed by atoms with Crippen LogP contribution in [0.4, 0.5) is 4.39 Å². The molecule has 120 valence electrons. The molecule has 2 N–H and O–H groups in total. The van der Waals surface area contributed by atoms with Crippen molar-refractivity contribution in [2.24, 2.45) is 0 Å². The van der Waals surface area contributed by atoms with Gasteiger partial charge in [0.05, 0.1) is 11.1 Å². The number of ketones is 1. The van der Waals surface area contributed by atoms with Gasteiger partial charge in [0.2, 0.25) is 11.5 Å². The molecule has 0 radical (unpaired) electrons. The van der Waals surface area contributed by atoms with E-state index < -0.39 is 39.0 Å². The van der Waals surface area contributed by atoms with Crippen molar-refractivity contribution in [3.05, 3.63) is 59.9 Å². The van der Waals surface area contributed by atoms with E-state index in [-0.39, 0.29) is 4.90 Å². The van der Waals surface area contributed by atoms with Gasteiger partial charge in [0.1, 0.15) is 11.5 Å². The van der Waals surface area contributed by atoms with Crippen LogP contribution >= 0.6 is 0 Å². The molecule has 2 rings (SSSR count). The monoisotopic (exact) mass is 340 g/mol. The van der Waals surface area contributed by atoms with Crippen LogP contribution in [-0.4, -0.2) is 39.6 Å². The highest BCUT2D eigenvalue weighted by molar-refractivity contribution is 7.89. The second-order valence-electron chi connectivity index (χ2n) is 4.22. The van der Waals surface area contributed by atoms with Gasteiger partial charge in [0.15, 0.2) is 0 Å². The molecule has 1 heterocycles. The van der Waals surface area contributed by atoms with Crippen LogP contribution in [0.1, 0.15) is 10.5 Å². The molecule has 0 amide bonds. The molecule has 10 heteroatoms. The number of nitrogens with zero attached hydrogens (tertiary/aromatic N) is 2. The molecule has 2 aromatic rings. The van der Waals surface area contributed by atoms with Crippen molar-refractivity contribution in [1.29, 1.82) is 0 Å². The van der Waals surface area contributed by atoms with Crippen molar-refractivity contribution < 1.29 is 32.6 Å². The topological polar surface area (TPSA) is 127 Å². The van der Waals surface area contributed by atoms with E-state index in [1.807, 2.05) is 0 Å². The van der Waals surface area contributed by atoms with Gasteiger partial charge in [0, 0.05) is 6.08 Å². The molecule has 0 aliphatic carbocycles. The van der Waals surface area contributed by atoms with Crippen LogP contribution in [0.3, 0.4) is 0 Å². The lowest BCUT2D eigenvalue weighted by atomic mass is 10.2. The van der Waals surface area contributed by atoms with Gasteiger partial charge in [-0.3, -0.25) is 4.79 Å². The van der Waals surface area contributed by atoms with Crippen molar-refractivity contribution >= 4 is 21.8 Å². The van der Waals surface area contributed by atoms with Gasteiger partial charge in [-0.2, -0.15) is 13.5 Å². The molecule has 0 atom stereocenters. The first-order chi connectivity index (χ1) is 10.7. The van der Waals surface area contributed by atoms with E-state index in [1.54, 1.807) is 0 Å². The van der Waals surface area contributed by atoms with Crippen molar-refractivity contribution in [2.75, 3.05) is 0 Å². The summed E-state index contributed by atoms with van der Waals surface area (Å²) in [7, 11) is -4.28. The number of carbonyl (C=O) groups excluding carboxylic acids is 1. The first-order valence-corrected chi connectivity index (χ1v) is 7.41. The molecule has 1 aromatic carbocycles. The number of benzene rings is 1. The zero-order chi connectivity index (χ0) is 17.2. The Hall–Kier alpha value is -3.01. The molecule has 0 fully saturated rings. The smallest absolute Gasteiger partial charge is 0.371 e. The Labute approximate surface area is 129 Å². The summed E-state index contributed by atoms with van der Waals surface area (Å²) < 4.78 is 38.0. The lowest BCUT2D eigenvalue weighted by Gasteiger charge is -2.07. The Bertz CT molecular complexity index is 899. The maximum absolute atomic E-state index is 12.9. The number of aromatic nitrogens is 2. The summed E-state index contributed by atoms with van der Waals surface area (Å²) >= 11 is 0. The maximum Gasteiger partial charge on any atom is 0.371 e. The Balaban J connectivity index is 2.49. The number of halogens is 1. The number of carboxylic acids is 1. The van der Waals surface area contributed by atoms with Crippen LogP contribution in [0.2, 0.25) is 0 Å². The molecule has 0 saturated heterocycles. The van der Waals surface area contributed by atoms with E-state index in [0.717, 1.165) is 36.5 Å². The van der Waals surface area contributed by atoms with Crippen molar-refractivity contribution in [3.8, 4) is 0 Å². The number of hydrogen-bond donors (Lipinski definition) is 2. The van der Waals surface area contributed by atoms with Crippen LogP contribution in [0.25, 0.3) is 0 Å². The molecule has 8 nitrogen and oxygen atoms in total. The third-order valence-corrected chi connectivity index (χ3v) is 4.30. The number of aliphatic hydroxyl groups excluding tert-OH is 1. The zero-order valence-electron chi connectivity index (χ0n) is 11.2. The van der Waals surface area contributed by atoms with E-state index in [4.69, 9.17) is 10.2 Å². The van der Waals surface area contributed by atoms with E-state index >= 15 is 0 Å². The van der Waals surface area contributed by atoms with Gasteiger partial charge in [0.25, 0.3) is 10.0 Å². The fourth-order valence-electron chi connectivity index (χ4n) is 1.62. The van der Waals surface area contributed by atoms with Gasteiger partial charge in [-0.1, -0.05) is 0 Å². The Morgan fingerprint density at radius 1 is 1.13 bits per heavy atom. The number of allylic oxidation sites excluding steroid dienone is 1. The number of carbonyl (C=O) groups is 2. The molecule has 1 aromatic heterocycles. The molecule has 0 aliphatic heterocycles. The highest BCUT2D eigenvalue weighted by Crippen LogP contribution is 2.16. The van der Waals surface area contributed by atoms with Crippen molar-refractivity contribution in [1.82, 2.24) is 9.19 Å². The Morgan fingerprint density at radius 3 is 2.30 bits per heavy atom. The summed E-state index contributed by atoms with van der Waals surface area (Å²) in [4.78, 5) is 22.1. The van der Waals surface area contributed by atoms with E-state index in [2.05, 4.69) is 5.10 Å². The second-order valence-corrected chi connectivity index (χ2v) is 5.98. The van der Waals surface area contributed by atoms with E-state index in [9.17, 15) is 22.4 Å². The van der Waals surface area contributed by atoms with E-state index in [1.165, 1.54) is 0 Å². The number of aliphatic carboxylic acids is 1. The van der Waals surface area contributed by atoms with Gasteiger partial charge in [-0.05, 0) is 30.3 Å². The Morgan fingerprint density at radius 2 is 1.74 bits per heavy atom. The summed E-state index contributed by atoms with van der Waals surface area (Å²) in [6, 6.07) is 4.87. The first kappa shape index (κ1) is 16.4. The van der Waals surface area contributed by atoms with Gasteiger partial charge in [-0.25, -0.2) is 9.18 Å². The summed E-state index contributed by atoms with van der Waals surface area (Å²) in [6.45, 7) is 0. The van der Waals surface area contributed by atoms with Gasteiger partial charge < -0.3 is 10.2 Å². The number of rotatable bonds is 5. The van der Waals surface area contributed by atoms with Crippen molar-refractivity contribution in [3.63, 3.8) is 0 Å². The molecule has 0 spiro atoms. The average molecular weight is 340 g/mol. The molecule has 0 unspecified atom stereocenters. The fraction of sp³-hybridized carbons (Fsp3) is 0. The minimum atomic E-state index is -4.28. The standard InChI is InChI=1S/C13H9FN2O6S/c14-8-1-3-9(4-2-8)23(21,22)16-10(5-6-15-16)11(17)7-12(18)13(19)20/h1-7,18H,(H,19,20). The molecule has 0 aliphatic rings. The van der Waals surface area contributed by atoms with E-state index in [0.29, 0.717) is 10.2 Å². The largest absolute Gasteiger partial charge is 0.502 e. The average Bonchev–Trinajstić information content (AvgIpc) is 2.97. The van der Waals surface area contributed by atoms with Crippen LogP contribution < -0.4 is 0 Å². The van der Waals surface area contributed by atoms with Gasteiger partial charge in [-0.15, -0.1) is 4.09 Å². The quantitative estimate of drug-likeness (QED) is 0.471. The summed E-state index contributed by atoms with van der Waals surface area (Å²) in [5, 5.41) is 21.1. The minimum absolute atomic E-state index is 0.317. The zero-order valence-corrected chi connectivity index (χ0v) is 12.1. The predicted octanol–water partition coefficient (Wildman–Crippen LogP) is 0.968. The normalized spacial score (nSPS) is 12.1. The molecule has 23 heavy (non-hydrogen) atoms. The van der Waals surface area contributed by atoms with Gasteiger partial charge >= 0.3 is 5.97 Å². The fourth-order valence-corrected chi connectivity index (χ4v) is 2.89. The number of hydrogen-bond acceptors (Lipinski definition) is 6. The van der Waals surface area contributed by atoms with Crippen molar-refractivity contribution in [2.45, 2.75) is 4.90 Å². The molecule has 0 bridgehead atoms. The summed E-state index contributed by atoms with van der Waals surface area (Å²) in [6.07, 6.45) is 1.37. The van der Waals surface area contributed by atoms with Crippen LogP contribution in [-0.2, 0) is 14.8 Å². The summed E-state index contributed by atoms with van der Waals surface area (Å²) in [5.41, 5.74) is -0.484. The molecular weight excluding hydrogens is 331 g/mol. The molecular formula is C13H9FN2O6S. The summed E-state index contributed by atoms with van der Waals surface area (Å²) in [5.74, 6) is -4.71. The Kier molecular flexibility index (Phi) is 4.27. The SMILES string of the molecule is O=C(O)C(O)=CC(=O)c1ccnn1S(=O)(=O)c1ccc(F)cc1. The van der Waals surface area contributed by atoms with Crippen LogP contribution in [0.15, 0.2) is 53.3 Å². The predicted molar refractivity (Wildman–Crippen MR) is 73.9 cm³/mol. The lowest BCUT2D eigenvalue weighted by molar-refractivity contribution is -0.135. The third-order valence-electron chi connectivity index (χ3n) is 2.69. The highest BCUT2D eigenvalue weighted by atomic mass is 32.2. The third kappa shape index (κ3) is 3.26. The molecule has 0 saturated carbocycles. The first-order valence-electron chi connectivity index (χ1n) is 5.97. The number of carboxylic acid groups (broad SMARTS) is 1.